The van der Waals surface area contributed by atoms with Crippen molar-refractivity contribution in [2.75, 3.05) is 6.61 Å². The highest BCUT2D eigenvalue weighted by Crippen LogP contribution is 2.22. The Morgan fingerprint density at radius 3 is 2.78 bits per heavy atom. The van der Waals surface area contributed by atoms with Crippen molar-refractivity contribution in [1.29, 1.82) is 0 Å². The fraction of sp³-hybridized carbons (Fsp3) is 0.364. The Morgan fingerprint density at radius 1 is 1.61 bits per heavy atom. The molecule has 0 aliphatic carbocycles. The highest BCUT2D eigenvalue weighted by atomic mass is 35.5. The van der Waals surface area contributed by atoms with E-state index in [1.165, 1.54) is 18.2 Å². The Hall–Kier alpha value is -1.66. The fourth-order valence-electron chi connectivity index (χ4n) is 1.39. The minimum Gasteiger partial charge on any atom is -0.394 e. The van der Waals surface area contributed by atoms with Gasteiger partial charge in [-0.15, -0.1) is 0 Å². The van der Waals surface area contributed by atoms with Gasteiger partial charge in [0, 0.05) is 11.1 Å². The van der Waals surface area contributed by atoms with Crippen LogP contribution in [-0.4, -0.2) is 28.6 Å². The molecule has 18 heavy (non-hydrogen) atoms. The summed E-state index contributed by atoms with van der Waals surface area (Å²) in [6.45, 7) is 1.56. The average Bonchev–Trinajstić information content (AvgIpc) is 2.35. The number of hydrogen-bond donors (Lipinski definition) is 2. The second kappa shape index (κ2) is 6.32. The maximum atomic E-state index is 11.9. The van der Waals surface area contributed by atoms with Crippen LogP contribution in [0.1, 0.15) is 23.7 Å². The zero-order valence-electron chi connectivity index (χ0n) is 9.72. The molecule has 2 N–H and O–H groups in total. The number of rotatable bonds is 5. The van der Waals surface area contributed by atoms with E-state index in [0.717, 1.165) is 0 Å². The number of nitro groups is 1. The molecule has 0 saturated carbocycles. The molecule has 0 aliphatic heterocycles. The van der Waals surface area contributed by atoms with Crippen molar-refractivity contribution in [3.8, 4) is 0 Å². The number of nitro benzene ring substituents is 1. The van der Waals surface area contributed by atoms with Crippen LogP contribution in [0.2, 0.25) is 5.02 Å². The van der Waals surface area contributed by atoms with Crippen molar-refractivity contribution in [3.63, 3.8) is 0 Å². The summed E-state index contributed by atoms with van der Waals surface area (Å²) in [6, 6.07) is 3.33. The summed E-state index contributed by atoms with van der Waals surface area (Å²) in [5.74, 6) is -0.620. The van der Waals surface area contributed by atoms with E-state index in [-0.39, 0.29) is 22.9 Å². The lowest BCUT2D eigenvalue weighted by molar-refractivity contribution is -0.385. The molecular weight excluding hydrogens is 260 g/mol. The van der Waals surface area contributed by atoms with Gasteiger partial charge in [0.15, 0.2) is 0 Å². The van der Waals surface area contributed by atoms with Crippen LogP contribution >= 0.6 is 11.6 Å². The molecule has 0 radical (unpaired) electrons. The van der Waals surface area contributed by atoms with Gasteiger partial charge in [0.1, 0.15) is 5.56 Å². The minimum atomic E-state index is -0.648. The van der Waals surface area contributed by atoms with E-state index in [4.69, 9.17) is 16.7 Å². The van der Waals surface area contributed by atoms with Crippen molar-refractivity contribution < 1.29 is 14.8 Å². The topological polar surface area (TPSA) is 92.5 Å². The number of aliphatic hydroxyl groups excluding tert-OH is 1. The molecule has 0 heterocycles. The average molecular weight is 273 g/mol. The lowest BCUT2D eigenvalue weighted by atomic mass is 10.1. The van der Waals surface area contributed by atoms with Crippen LogP contribution in [0.3, 0.4) is 0 Å². The van der Waals surface area contributed by atoms with E-state index in [1.807, 2.05) is 0 Å². The highest BCUT2D eigenvalue weighted by Gasteiger charge is 2.21. The number of nitrogens with one attached hydrogen (secondary N) is 1. The number of carbonyl (C=O) groups is 1. The molecule has 0 unspecified atom stereocenters. The van der Waals surface area contributed by atoms with Crippen molar-refractivity contribution >= 4 is 23.2 Å². The zero-order valence-corrected chi connectivity index (χ0v) is 10.5. The quantitative estimate of drug-likeness (QED) is 0.631. The van der Waals surface area contributed by atoms with Crippen LogP contribution in [0.4, 0.5) is 5.69 Å². The molecule has 1 aromatic rings. The van der Waals surface area contributed by atoms with Crippen LogP contribution in [0.15, 0.2) is 18.2 Å². The van der Waals surface area contributed by atoms with Gasteiger partial charge in [0.05, 0.1) is 17.6 Å². The van der Waals surface area contributed by atoms with E-state index >= 15 is 0 Å². The first-order valence-electron chi connectivity index (χ1n) is 5.35. The fourth-order valence-corrected chi connectivity index (χ4v) is 1.56. The van der Waals surface area contributed by atoms with Gasteiger partial charge in [0.25, 0.3) is 11.6 Å². The zero-order chi connectivity index (χ0) is 13.7. The molecule has 1 aromatic carbocycles. The summed E-state index contributed by atoms with van der Waals surface area (Å²) in [5, 5.41) is 22.5. The van der Waals surface area contributed by atoms with Crippen LogP contribution in [0.25, 0.3) is 0 Å². The summed E-state index contributed by atoms with van der Waals surface area (Å²) < 4.78 is 0. The first-order chi connectivity index (χ1) is 8.49. The Bertz CT molecular complexity index is 460. The van der Waals surface area contributed by atoms with Gasteiger partial charge < -0.3 is 10.4 Å². The van der Waals surface area contributed by atoms with Gasteiger partial charge >= 0.3 is 0 Å². The predicted molar refractivity (Wildman–Crippen MR) is 66.7 cm³/mol. The first kappa shape index (κ1) is 14.4. The standard InChI is InChI=1S/C11H13ClN2O4/c1-2-8(6-15)13-11(16)9-5-7(12)3-4-10(9)14(17)18/h3-5,8,15H,2,6H2,1H3,(H,13,16)/t8-/m0/s1. The van der Waals surface area contributed by atoms with Gasteiger partial charge in [-0.3, -0.25) is 14.9 Å². The number of aliphatic hydroxyl groups is 1. The maximum Gasteiger partial charge on any atom is 0.282 e. The van der Waals surface area contributed by atoms with Gasteiger partial charge in [-0.2, -0.15) is 0 Å². The van der Waals surface area contributed by atoms with Crippen molar-refractivity contribution in [1.82, 2.24) is 5.32 Å². The molecule has 1 atom stereocenters. The van der Waals surface area contributed by atoms with E-state index in [0.29, 0.717) is 6.42 Å². The number of hydrogen-bond acceptors (Lipinski definition) is 4. The van der Waals surface area contributed by atoms with Crippen LogP contribution in [-0.2, 0) is 0 Å². The Labute approximate surface area is 109 Å². The third-order valence-electron chi connectivity index (χ3n) is 2.45. The van der Waals surface area contributed by atoms with Crippen molar-refractivity contribution in [2.45, 2.75) is 19.4 Å². The molecular formula is C11H13ClN2O4. The molecule has 0 aromatic heterocycles. The second-order valence-electron chi connectivity index (χ2n) is 3.68. The van der Waals surface area contributed by atoms with E-state index in [2.05, 4.69) is 5.32 Å². The summed E-state index contributed by atoms with van der Waals surface area (Å²) in [7, 11) is 0. The third kappa shape index (κ3) is 3.41. The molecule has 0 bridgehead atoms. The summed E-state index contributed by atoms with van der Waals surface area (Å²) >= 11 is 5.72. The summed E-state index contributed by atoms with van der Waals surface area (Å²) in [6.07, 6.45) is 0.524. The van der Waals surface area contributed by atoms with E-state index in [1.54, 1.807) is 6.92 Å². The largest absolute Gasteiger partial charge is 0.394 e. The van der Waals surface area contributed by atoms with Crippen molar-refractivity contribution in [3.05, 3.63) is 38.9 Å². The smallest absolute Gasteiger partial charge is 0.282 e. The van der Waals surface area contributed by atoms with E-state index < -0.39 is 16.9 Å². The van der Waals surface area contributed by atoms with E-state index in [9.17, 15) is 14.9 Å². The molecule has 0 saturated heterocycles. The molecule has 98 valence electrons. The third-order valence-corrected chi connectivity index (χ3v) is 2.68. The summed E-state index contributed by atoms with van der Waals surface area (Å²) in [4.78, 5) is 22.0. The Balaban J connectivity index is 3.03. The Kier molecular flexibility index (Phi) is 5.06. The second-order valence-corrected chi connectivity index (χ2v) is 4.12. The molecule has 1 rings (SSSR count). The normalized spacial score (nSPS) is 11.9. The number of amides is 1. The molecule has 0 aliphatic rings. The molecule has 1 amide bonds. The van der Waals surface area contributed by atoms with Gasteiger partial charge in [0.2, 0.25) is 0 Å². The summed E-state index contributed by atoms with van der Waals surface area (Å²) in [5.41, 5.74) is -0.427. The van der Waals surface area contributed by atoms with Crippen LogP contribution < -0.4 is 5.32 Å². The molecule has 7 heteroatoms. The number of halogens is 1. The number of benzene rings is 1. The minimum absolute atomic E-state index is 0.112. The SMILES string of the molecule is CC[C@@H](CO)NC(=O)c1cc(Cl)ccc1[N+](=O)[O-]. The number of nitrogens with zero attached hydrogens (tertiary/aromatic N) is 1. The monoisotopic (exact) mass is 272 g/mol. The van der Waals surface area contributed by atoms with Gasteiger partial charge in [-0.25, -0.2) is 0 Å². The first-order valence-corrected chi connectivity index (χ1v) is 5.73. The Morgan fingerprint density at radius 2 is 2.28 bits per heavy atom. The van der Waals surface area contributed by atoms with Gasteiger partial charge in [-0.05, 0) is 18.6 Å². The highest BCUT2D eigenvalue weighted by molar-refractivity contribution is 6.31. The molecule has 6 nitrogen and oxygen atoms in total. The van der Waals surface area contributed by atoms with Crippen LogP contribution in [0.5, 0.6) is 0 Å². The predicted octanol–water partition coefficient (Wildman–Crippen LogP) is 1.75. The number of carbonyl (C=O) groups excluding carboxylic acids is 1. The maximum absolute atomic E-state index is 11.9. The lowest BCUT2D eigenvalue weighted by Crippen LogP contribution is -2.37. The van der Waals surface area contributed by atoms with Gasteiger partial charge in [-0.1, -0.05) is 18.5 Å². The molecule has 0 spiro atoms. The van der Waals surface area contributed by atoms with Crippen molar-refractivity contribution in [2.24, 2.45) is 0 Å². The molecule has 0 fully saturated rings. The van der Waals surface area contributed by atoms with Crippen LogP contribution in [0, 0.1) is 10.1 Å². The lowest BCUT2D eigenvalue weighted by Gasteiger charge is -2.14.